The molecule has 0 aromatic carbocycles. The monoisotopic (exact) mass is 205 g/mol. The zero-order valence-electron chi connectivity index (χ0n) is 4.02. The molecule has 37 valence electrons. The molecule has 0 amide bonds. The van der Waals surface area contributed by atoms with Gasteiger partial charge < -0.3 is 0 Å². The average molecular weight is 204 g/mol. The van der Waals surface area contributed by atoms with E-state index in [1.165, 1.54) is 0 Å². The van der Waals surface area contributed by atoms with Crippen LogP contribution in [0.5, 0.6) is 0 Å². The van der Waals surface area contributed by atoms with E-state index in [2.05, 4.69) is 9.65 Å². The first-order valence-corrected chi connectivity index (χ1v) is 2.88. The minimum atomic E-state index is -0.307. The Hall–Kier alpha value is 0.00870. The molecule has 0 N–H and O–H groups in total. The fraction of sp³-hybridized carbons (Fsp3) is 0.250. The summed E-state index contributed by atoms with van der Waals surface area (Å²) in [6, 6.07) is 0. The second-order valence-electron chi connectivity index (χ2n) is 1.17. The van der Waals surface area contributed by atoms with Gasteiger partial charge in [0.15, 0.2) is 0 Å². The summed E-state index contributed by atoms with van der Waals surface area (Å²) >= 11 is 0.767. The van der Waals surface area contributed by atoms with Crippen molar-refractivity contribution < 1.29 is 7.87 Å². The van der Waals surface area contributed by atoms with Crippen LogP contribution in [0.25, 0.3) is 0 Å². The molecule has 0 saturated carbocycles. The van der Waals surface area contributed by atoms with Crippen LogP contribution in [0.15, 0.2) is 12.2 Å². The minimum absolute atomic E-state index is 0.307. The molecule has 3 radical (unpaired) electrons. The first-order chi connectivity index (χ1) is 3.18. The van der Waals surface area contributed by atoms with Crippen LogP contribution in [0, 0.1) is 0 Å². The number of carbonyl (C=O) groups is 1. The van der Waals surface area contributed by atoms with Crippen molar-refractivity contribution in [3.05, 3.63) is 12.2 Å². The van der Waals surface area contributed by atoms with Gasteiger partial charge in [0.1, 0.15) is 0 Å². The zero-order chi connectivity index (χ0) is 5.86. The second kappa shape index (κ2) is 3.07. The zero-order valence-corrected chi connectivity index (χ0v) is 6.88. The molecule has 0 spiro atoms. The van der Waals surface area contributed by atoms with Gasteiger partial charge in [0, 0.05) is 0 Å². The predicted octanol–water partition coefficient (Wildman–Crippen LogP) is 0.189. The van der Waals surface area contributed by atoms with Crippen LogP contribution in [-0.2, 0) is 7.87 Å². The molecule has 0 aliphatic rings. The Bertz CT molecular complexity index is 97.9. The van der Waals surface area contributed by atoms with E-state index in [9.17, 15) is 4.79 Å². The molecule has 0 aliphatic carbocycles. The molecular formula is C4H5O2Sn. The normalized spacial score (nSPS) is 7.71. The van der Waals surface area contributed by atoms with Crippen molar-refractivity contribution in [1.29, 1.82) is 0 Å². The molecule has 7 heavy (non-hydrogen) atoms. The van der Waals surface area contributed by atoms with E-state index in [-0.39, 0.29) is 5.97 Å². The van der Waals surface area contributed by atoms with E-state index in [0.29, 0.717) is 5.57 Å². The Morgan fingerprint density at radius 2 is 2.29 bits per heavy atom. The van der Waals surface area contributed by atoms with Crippen molar-refractivity contribution >= 4 is 28.9 Å². The van der Waals surface area contributed by atoms with E-state index < -0.39 is 0 Å². The Morgan fingerprint density at radius 1 is 1.86 bits per heavy atom. The van der Waals surface area contributed by atoms with Crippen molar-refractivity contribution in [2.45, 2.75) is 6.92 Å². The van der Waals surface area contributed by atoms with Gasteiger partial charge in [-0.1, -0.05) is 0 Å². The Balaban J connectivity index is 3.58. The molecule has 0 atom stereocenters. The summed E-state index contributed by atoms with van der Waals surface area (Å²) in [4.78, 5) is 10.2. The predicted molar refractivity (Wildman–Crippen MR) is 26.7 cm³/mol. The molecule has 0 rings (SSSR count). The fourth-order valence-electron chi connectivity index (χ4n) is 0.0871. The molecule has 2 nitrogen and oxygen atoms in total. The third-order valence-corrected chi connectivity index (χ3v) is 0.970. The Morgan fingerprint density at radius 3 is 2.29 bits per heavy atom. The summed E-state index contributed by atoms with van der Waals surface area (Å²) in [5.41, 5.74) is 0.455. The van der Waals surface area contributed by atoms with Crippen LogP contribution in [0.1, 0.15) is 6.92 Å². The van der Waals surface area contributed by atoms with Crippen molar-refractivity contribution in [2.75, 3.05) is 0 Å². The standard InChI is InChI=1S/C4H6O2.Sn/c1-3(2)4(5)6;/h1H2,2H3,(H,5,6);/q;+1/p-1. The molecule has 0 unspecified atom stereocenters. The summed E-state index contributed by atoms with van der Waals surface area (Å²) in [5.74, 6) is -0.307. The van der Waals surface area contributed by atoms with Gasteiger partial charge in [0.25, 0.3) is 0 Å². The maximum atomic E-state index is 10.2. The van der Waals surface area contributed by atoms with Crippen LogP contribution in [-0.4, -0.2) is 28.9 Å². The van der Waals surface area contributed by atoms with E-state index in [1.807, 2.05) is 0 Å². The second-order valence-corrected chi connectivity index (χ2v) is 1.75. The van der Waals surface area contributed by atoms with Gasteiger partial charge in [-0.3, -0.25) is 0 Å². The van der Waals surface area contributed by atoms with Gasteiger partial charge in [-0.25, -0.2) is 0 Å². The van der Waals surface area contributed by atoms with Crippen molar-refractivity contribution in [2.24, 2.45) is 0 Å². The molecule has 0 fully saturated rings. The van der Waals surface area contributed by atoms with Gasteiger partial charge >= 0.3 is 55.9 Å². The number of rotatable bonds is 1. The van der Waals surface area contributed by atoms with E-state index in [1.54, 1.807) is 6.92 Å². The van der Waals surface area contributed by atoms with Crippen LogP contribution in [0.2, 0.25) is 0 Å². The van der Waals surface area contributed by atoms with E-state index >= 15 is 0 Å². The Labute approximate surface area is 56.2 Å². The number of hydrogen-bond acceptors (Lipinski definition) is 2. The van der Waals surface area contributed by atoms with Crippen LogP contribution >= 0.6 is 0 Å². The van der Waals surface area contributed by atoms with E-state index in [0.717, 1.165) is 22.9 Å². The maximum absolute atomic E-state index is 10.2. The Kier molecular flexibility index (Phi) is 3.07. The third kappa shape index (κ3) is 2.67. The topological polar surface area (TPSA) is 26.3 Å². The molecule has 0 bridgehead atoms. The molecule has 0 heterocycles. The van der Waals surface area contributed by atoms with Gasteiger partial charge in [0.05, 0.1) is 0 Å². The number of hydrogen-bond donors (Lipinski definition) is 0. The van der Waals surface area contributed by atoms with Crippen LogP contribution in [0.4, 0.5) is 0 Å². The van der Waals surface area contributed by atoms with Gasteiger partial charge in [-0.2, -0.15) is 0 Å². The van der Waals surface area contributed by atoms with Crippen molar-refractivity contribution in [3.63, 3.8) is 0 Å². The molecule has 0 aromatic rings. The first kappa shape index (κ1) is 7.01. The quantitative estimate of drug-likeness (QED) is 0.450. The summed E-state index contributed by atoms with van der Waals surface area (Å²) < 4.78 is 4.36. The number of carbonyl (C=O) groups excluding carboxylic acids is 1. The third-order valence-electron chi connectivity index (χ3n) is 0.441. The average Bonchev–Trinajstić information content (AvgIpc) is 1.65. The summed E-state index contributed by atoms with van der Waals surface area (Å²) in [7, 11) is 0. The summed E-state index contributed by atoms with van der Waals surface area (Å²) in [6.07, 6.45) is 0. The molecule has 3 heteroatoms. The van der Waals surface area contributed by atoms with Gasteiger partial charge in [0.2, 0.25) is 0 Å². The van der Waals surface area contributed by atoms with Crippen molar-refractivity contribution in [1.82, 2.24) is 0 Å². The van der Waals surface area contributed by atoms with Crippen LogP contribution in [0.3, 0.4) is 0 Å². The molecular weight excluding hydrogens is 199 g/mol. The molecule has 0 aromatic heterocycles. The summed E-state index contributed by atoms with van der Waals surface area (Å²) in [5, 5.41) is 0. The molecule has 0 saturated heterocycles. The van der Waals surface area contributed by atoms with Gasteiger partial charge in [-0.15, -0.1) is 0 Å². The first-order valence-electron chi connectivity index (χ1n) is 1.72. The SMILES string of the molecule is C=C(C)C(=O)[O][Sn]. The van der Waals surface area contributed by atoms with Gasteiger partial charge in [-0.05, 0) is 0 Å². The molecule has 0 aliphatic heterocycles. The van der Waals surface area contributed by atoms with Crippen LogP contribution < -0.4 is 0 Å². The van der Waals surface area contributed by atoms with E-state index in [4.69, 9.17) is 0 Å². The fourth-order valence-corrected chi connectivity index (χ4v) is 0.584. The van der Waals surface area contributed by atoms with Crippen molar-refractivity contribution in [3.8, 4) is 0 Å². The summed E-state index contributed by atoms with van der Waals surface area (Å²) in [6.45, 7) is 4.98.